The van der Waals surface area contributed by atoms with Gasteiger partial charge in [-0.3, -0.25) is 15.0 Å². The maximum atomic E-state index is 12.2. The molecular weight excluding hydrogens is 244 g/mol. The van der Waals surface area contributed by atoms with Crippen LogP contribution in [0.3, 0.4) is 0 Å². The summed E-state index contributed by atoms with van der Waals surface area (Å²) in [6.07, 6.45) is 5.60. The van der Waals surface area contributed by atoms with Crippen molar-refractivity contribution in [3.63, 3.8) is 0 Å². The average molecular weight is 264 g/mol. The third kappa shape index (κ3) is 2.79. The Morgan fingerprint density at radius 3 is 3.16 bits per heavy atom. The predicted octanol–water partition coefficient (Wildman–Crippen LogP) is 0.877. The molecule has 2 heterocycles. The van der Waals surface area contributed by atoms with E-state index in [1.54, 1.807) is 6.20 Å². The zero-order valence-corrected chi connectivity index (χ0v) is 11.2. The minimum atomic E-state index is -0.391. The lowest BCUT2D eigenvalue weighted by Gasteiger charge is -2.31. The topological polar surface area (TPSA) is 59.4 Å². The maximum Gasteiger partial charge on any atom is 0.257 e. The van der Waals surface area contributed by atoms with Crippen LogP contribution in [0, 0.1) is 0 Å². The van der Waals surface area contributed by atoms with E-state index < -0.39 is 6.10 Å². The summed E-state index contributed by atoms with van der Waals surface area (Å²) in [6, 6.07) is 0.511. The molecule has 1 aliphatic carbocycles. The largest absolute Gasteiger partial charge is 0.366 e. The molecule has 1 atom stereocenters. The molecule has 1 aliphatic heterocycles. The summed E-state index contributed by atoms with van der Waals surface area (Å²) in [4.78, 5) is 18.6. The van der Waals surface area contributed by atoms with E-state index >= 15 is 0 Å². The summed E-state index contributed by atoms with van der Waals surface area (Å²) < 4.78 is 7.59. The number of amides is 1. The summed E-state index contributed by atoms with van der Waals surface area (Å²) >= 11 is 0. The molecule has 1 N–H and O–H groups in total. The molecule has 0 bridgehead atoms. The second-order valence-electron chi connectivity index (χ2n) is 5.13. The highest BCUT2D eigenvalue weighted by Crippen LogP contribution is 2.36. The fourth-order valence-electron chi connectivity index (χ4n) is 2.40. The Morgan fingerprint density at radius 2 is 2.42 bits per heavy atom. The van der Waals surface area contributed by atoms with Gasteiger partial charge in [-0.25, -0.2) is 4.98 Å². The van der Waals surface area contributed by atoms with Gasteiger partial charge in [-0.1, -0.05) is 6.92 Å². The smallest absolute Gasteiger partial charge is 0.257 e. The first-order chi connectivity index (χ1) is 9.28. The van der Waals surface area contributed by atoms with Crippen molar-refractivity contribution in [3.05, 3.63) is 12.4 Å². The first-order valence-electron chi connectivity index (χ1n) is 6.95. The Morgan fingerprint density at radius 1 is 1.58 bits per heavy atom. The summed E-state index contributed by atoms with van der Waals surface area (Å²) in [7, 11) is 0. The fourth-order valence-corrected chi connectivity index (χ4v) is 2.40. The van der Waals surface area contributed by atoms with Crippen LogP contribution in [0.25, 0.3) is 0 Å². The summed E-state index contributed by atoms with van der Waals surface area (Å²) in [5, 5.41) is 2.89. The average Bonchev–Trinajstić information content (AvgIpc) is 3.19. The molecular formula is C13H20N4O2. The van der Waals surface area contributed by atoms with E-state index in [9.17, 15) is 4.79 Å². The van der Waals surface area contributed by atoms with Crippen LogP contribution >= 0.6 is 0 Å². The van der Waals surface area contributed by atoms with Gasteiger partial charge in [0.15, 0.2) is 0 Å². The van der Waals surface area contributed by atoms with Crippen molar-refractivity contribution in [1.82, 2.24) is 14.5 Å². The summed E-state index contributed by atoms with van der Waals surface area (Å²) in [6.45, 7) is 5.22. The zero-order valence-electron chi connectivity index (χ0n) is 11.2. The number of rotatable bonds is 4. The molecule has 2 aliphatic rings. The molecule has 6 nitrogen and oxygen atoms in total. The van der Waals surface area contributed by atoms with Gasteiger partial charge in [0.05, 0.1) is 6.61 Å². The number of nitrogens with zero attached hydrogens (tertiary/aromatic N) is 3. The van der Waals surface area contributed by atoms with Crippen molar-refractivity contribution in [2.75, 3.05) is 31.6 Å². The molecule has 1 saturated carbocycles. The Kier molecular flexibility index (Phi) is 3.52. The number of likely N-dealkylation sites (N-methyl/N-ethyl adjacent to an activating group) is 1. The Balaban J connectivity index is 1.62. The number of hydrogen-bond donors (Lipinski definition) is 1. The van der Waals surface area contributed by atoms with E-state index in [0.29, 0.717) is 25.1 Å². The van der Waals surface area contributed by atoms with Crippen LogP contribution in [0.15, 0.2) is 12.4 Å². The highest BCUT2D eigenvalue weighted by Gasteiger charge is 2.29. The number of ether oxygens (including phenoxy) is 1. The maximum absolute atomic E-state index is 12.2. The van der Waals surface area contributed by atoms with E-state index in [-0.39, 0.29) is 5.91 Å². The van der Waals surface area contributed by atoms with Gasteiger partial charge in [-0.15, -0.1) is 0 Å². The van der Waals surface area contributed by atoms with Gasteiger partial charge in [0.2, 0.25) is 5.95 Å². The van der Waals surface area contributed by atoms with Crippen molar-refractivity contribution in [1.29, 1.82) is 0 Å². The molecule has 2 fully saturated rings. The van der Waals surface area contributed by atoms with Crippen LogP contribution in [0.4, 0.5) is 5.95 Å². The number of anilines is 1. The molecule has 0 aromatic carbocycles. The standard InChI is InChI=1S/C13H20N4O2/c1-2-16-7-8-19-11(9-16)12(18)15-13-14-5-6-17(13)10-3-4-10/h5-6,10-11H,2-4,7-9H2,1H3,(H,14,15,18)/t11-/m0/s1. The first kappa shape index (κ1) is 12.6. The van der Waals surface area contributed by atoms with E-state index in [4.69, 9.17) is 4.74 Å². The highest BCUT2D eigenvalue weighted by atomic mass is 16.5. The third-order valence-corrected chi connectivity index (χ3v) is 3.73. The van der Waals surface area contributed by atoms with Gasteiger partial charge in [-0.2, -0.15) is 0 Å². The molecule has 104 valence electrons. The lowest BCUT2D eigenvalue weighted by Crippen LogP contribution is -2.47. The minimum absolute atomic E-state index is 0.0914. The molecule has 19 heavy (non-hydrogen) atoms. The Labute approximate surface area is 112 Å². The first-order valence-corrected chi connectivity index (χ1v) is 6.95. The summed E-state index contributed by atoms with van der Waals surface area (Å²) in [5.74, 6) is 0.552. The van der Waals surface area contributed by atoms with Gasteiger partial charge in [0.1, 0.15) is 6.10 Å². The normalized spacial score (nSPS) is 24.4. The van der Waals surface area contributed by atoms with E-state index in [0.717, 1.165) is 13.1 Å². The number of carbonyl (C=O) groups is 1. The molecule has 3 rings (SSSR count). The third-order valence-electron chi connectivity index (χ3n) is 3.73. The van der Waals surface area contributed by atoms with Gasteiger partial charge >= 0.3 is 0 Å². The monoisotopic (exact) mass is 264 g/mol. The van der Waals surface area contributed by atoms with Crippen molar-refractivity contribution >= 4 is 11.9 Å². The number of aromatic nitrogens is 2. The van der Waals surface area contributed by atoms with Gasteiger partial charge < -0.3 is 9.30 Å². The fraction of sp³-hybridized carbons (Fsp3) is 0.692. The molecule has 1 aromatic heterocycles. The van der Waals surface area contributed by atoms with Crippen LogP contribution in [-0.4, -0.2) is 52.7 Å². The number of imidazole rings is 1. The molecule has 0 radical (unpaired) electrons. The highest BCUT2D eigenvalue weighted by molar-refractivity contribution is 5.93. The quantitative estimate of drug-likeness (QED) is 0.877. The number of hydrogen-bond acceptors (Lipinski definition) is 4. The van der Waals surface area contributed by atoms with E-state index in [1.165, 1.54) is 12.8 Å². The van der Waals surface area contributed by atoms with Crippen LogP contribution in [0.5, 0.6) is 0 Å². The molecule has 0 unspecified atom stereocenters. The molecule has 1 amide bonds. The second-order valence-corrected chi connectivity index (χ2v) is 5.13. The predicted molar refractivity (Wildman–Crippen MR) is 71.0 cm³/mol. The minimum Gasteiger partial charge on any atom is -0.366 e. The van der Waals surface area contributed by atoms with Crippen molar-refractivity contribution in [2.45, 2.75) is 31.9 Å². The molecule has 0 spiro atoms. The van der Waals surface area contributed by atoms with Gasteiger partial charge in [0, 0.05) is 31.5 Å². The van der Waals surface area contributed by atoms with Crippen molar-refractivity contribution < 1.29 is 9.53 Å². The van der Waals surface area contributed by atoms with Crippen molar-refractivity contribution in [2.24, 2.45) is 0 Å². The van der Waals surface area contributed by atoms with Gasteiger partial charge in [0.25, 0.3) is 5.91 Å². The molecule has 1 aromatic rings. The zero-order chi connectivity index (χ0) is 13.2. The number of nitrogens with one attached hydrogen (secondary N) is 1. The van der Waals surface area contributed by atoms with Gasteiger partial charge in [-0.05, 0) is 19.4 Å². The Bertz CT molecular complexity index is 455. The number of morpholine rings is 1. The number of carbonyl (C=O) groups excluding carboxylic acids is 1. The molecule has 6 heteroatoms. The van der Waals surface area contributed by atoms with Crippen LogP contribution in [0.2, 0.25) is 0 Å². The second kappa shape index (κ2) is 5.30. The van der Waals surface area contributed by atoms with E-state index in [2.05, 4.69) is 22.1 Å². The summed E-state index contributed by atoms with van der Waals surface area (Å²) in [5.41, 5.74) is 0. The lowest BCUT2D eigenvalue weighted by atomic mass is 10.2. The van der Waals surface area contributed by atoms with Crippen LogP contribution < -0.4 is 5.32 Å². The Hall–Kier alpha value is -1.40. The van der Waals surface area contributed by atoms with Crippen molar-refractivity contribution in [3.8, 4) is 0 Å². The lowest BCUT2D eigenvalue weighted by molar-refractivity contribution is -0.133. The SMILES string of the molecule is CCN1CCO[C@H](C(=O)Nc2nccn2C2CC2)C1. The van der Waals surface area contributed by atoms with E-state index in [1.807, 2.05) is 10.8 Å². The molecule has 1 saturated heterocycles. The van der Waals surface area contributed by atoms with Crippen LogP contribution in [-0.2, 0) is 9.53 Å². The van der Waals surface area contributed by atoms with Crippen LogP contribution in [0.1, 0.15) is 25.8 Å².